The maximum absolute atomic E-state index is 12.3. The van der Waals surface area contributed by atoms with Crippen molar-refractivity contribution < 1.29 is 4.79 Å². The number of hydrogen-bond acceptors (Lipinski definition) is 4. The van der Waals surface area contributed by atoms with Gasteiger partial charge in [-0.05, 0) is 42.3 Å². The Morgan fingerprint density at radius 2 is 1.84 bits per heavy atom. The highest BCUT2D eigenvalue weighted by Gasteiger charge is 2.13. The molecule has 0 radical (unpaired) electrons. The van der Waals surface area contributed by atoms with Crippen molar-refractivity contribution in [3.05, 3.63) is 94.5 Å². The molecule has 0 aliphatic heterocycles. The lowest BCUT2D eigenvalue weighted by Gasteiger charge is -2.09. The van der Waals surface area contributed by atoms with Gasteiger partial charge in [-0.2, -0.15) is 5.10 Å². The van der Waals surface area contributed by atoms with Crippen molar-refractivity contribution >= 4 is 46.5 Å². The third-order valence-corrected chi connectivity index (χ3v) is 5.91. The van der Waals surface area contributed by atoms with Crippen LogP contribution in [0, 0.1) is 6.92 Å². The van der Waals surface area contributed by atoms with Gasteiger partial charge in [0, 0.05) is 5.02 Å². The van der Waals surface area contributed by atoms with E-state index in [9.17, 15) is 4.79 Å². The number of nitrogens with one attached hydrogen (secondary N) is 1. The molecule has 1 amide bonds. The van der Waals surface area contributed by atoms with E-state index in [1.807, 2.05) is 30.3 Å². The van der Waals surface area contributed by atoms with Gasteiger partial charge in [0.25, 0.3) is 5.91 Å². The van der Waals surface area contributed by atoms with Gasteiger partial charge in [-0.25, -0.2) is 10.4 Å². The van der Waals surface area contributed by atoms with Crippen LogP contribution in [0.25, 0.3) is 11.0 Å². The van der Waals surface area contributed by atoms with Gasteiger partial charge in [-0.1, -0.05) is 77.5 Å². The second-order valence-electron chi connectivity index (χ2n) is 7.09. The summed E-state index contributed by atoms with van der Waals surface area (Å²) >= 11 is 7.27. The van der Waals surface area contributed by atoms with E-state index in [2.05, 4.69) is 52.3 Å². The number of halogens is 1. The second-order valence-corrected chi connectivity index (χ2v) is 8.47. The molecule has 0 aliphatic rings. The van der Waals surface area contributed by atoms with Crippen molar-refractivity contribution in [2.45, 2.75) is 18.6 Å². The lowest BCUT2D eigenvalue weighted by molar-refractivity contribution is -0.118. The zero-order valence-electron chi connectivity index (χ0n) is 17.0. The van der Waals surface area contributed by atoms with Gasteiger partial charge < -0.3 is 4.57 Å². The Bertz CT molecular complexity index is 1220. The highest BCUT2D eigenvalue weighted by atomic mass is 35.5. The molecule has 3 aromatic carbocycles. The first kappa shape index (κ1) is 21.2. The van der Waals surface area contributed by atoms with Crippen molar-refractivity contribution in [2.24, 2.45) is 5.10 Å². The van der Waals surface area contributed by atoms with Gasteiger partial charge >= 0.3 is 0 Å². The fourth-order valence-electron chi connectivity index (χ4n) is 3.08. The molecule has 0 atom stereocenters. The molecular formula is C24H21ClN4OS. The SMILES string of the molecule is Cc1ccc(Cn2c(SCC(=O)N/N=C/c3ccc(Cl)cc3)nc3ccccc32)cc1. The van der Waals surface area contributed by atoms with E-state index in [1.54, 1.807) is 18.3 Å². The van der Waals surface area contributed by atoms with Crippen LogP contribution in [-0.4, -0.2) is 27.4 Å². The number of hydrogen-bond donors (Lipinski definition) is 1. The minimum Gasteiger partial charge on any atom is -0.314 e. The van der Waals surface area contributed by atoms with Crippen LogP contribution >= 0.6 is 23.4 Å². The van der Waals surface area contributed by atoms with Gasteiger partial charge in [-0.3, -0.25) is 4.79 Å². The third kappa shape index (κ3) is 5.54. The van der Waals surface area contributed by atoms with Crippen LogP contribution in [0.1, 0.15) is 16.7 Å². The zero-order chi connectivity index (χ0) is 21.6. The van der Waals surface area contributed by atoms with Crippen LogP contribution in [0.2, 0.25) is 5.02 Å². The molecule has 31 heavy (non-hydrogen) atoms. The highest BCUT2D eigenvalue weighted by Crippen LogP contribution is 2.25. The number of aryl methyl sites for hydroxylation is 1. The number of amides is 1. The van der Waals surface area contributed by atoms with E-state index in [1.165, 1.54) is 22.9 Å². The maximum Gasteiger partial charge on any atom is 0.250 e. The number of nitrogens with zero attached hydrogens (tertiary/aromatic N) is 3. The van der Waals surface area contributed by atoms with E-state index in [0.717, 1.165) is 21.8 Å². The molecule has 156 valence electrons. The Hall–Kier alpha value is -3.09. The van der Waals surface area contributed by atoms with Gasteiger partial charge in [0.1, 0.15) is 0 Å². The average Bonchev–Trinajstić information content (AvgIpc) is 3.12. The number of aromatic nitrogens is 2. The summed E-state index contributed by atoms with van der Waals surface area (Å²) in [5, 5.41) is 5.48. The minimum absolute atomic E-state index is 0.191. The molecule has 7 heteroatoms. The molecule has 4 aromatic rings. The number of fused-ring (bicyclic) bond motifs is 1. The molecule has 0 saturated carbocycles. The molecule has 5 nitrogen and oxygen atoms in total. The Labute approximate surface area is 190 Å². The number of carbonyl (C=O) groups excluding carboxylic acids is 1. The van der Waals surface area contributed by atoms with Crippen LogP contribution in [0.4, 0.5) is 0 Å². The molecule has 0 aliphatic carbocycles. The fourth-order valence-corrected chi connectivity index (χ4v) is 4.01. The standard InChI is InChI=1S/C24H21ClN4OS/c1-17-6-8-19(9-7-17)15-29-22-5-3-2-4-21(22)27-24(29)31-16-23(30)28-26-14-18-10-12-20(25)13-11-18/h2-14H,15-16H2,1H3,(H,28,30)/b26-14+. The number of para-hydroxylation sites is 2. The van der Waals surface area contributed by atoms with E-state index < -0.39 is 0 Å². The summed E-state index contributed by atoms with van der Waals surface area (Å²) in [5.41, 5.74) is 7.80. The minimum atomic E-state index is -0.191. The summed E-state index contributed by atoms with van der Waals surface area (Å²) in [6.45, 7) is 2.77. The van der Waals surface area contributed by atoms with Crippen LogP contribution in [0.15, 0.2) is 83.1 Å². The largest absolute Gasteiger partial charge is 0.314 e. The monoisotopic (exact) mass is 448 g/mol. The summed E-state index contributed by atoms with van der Waals surface area (Å²) in [6.07, 6.45) is 1.59. The first-order valence-corrected chi connectivity index (χ1v) is 11.2. The van der Waals surface area contributed by atoms with Crippen molar-refractivity contribution in [3.63, 3.8) is 0 Å². The number of imidazole rings is 1. The maximum atomic E-state index is 12.3. The first-order chi connectivity index (χ1) is 15.1. The normalized spacial score (nSPS) is 11.3. The van der Waals surface area contributed by atoms with E-state index in [0.29, 0.717) is 11.6 Å². The fraction of sp³-hybridized carbons (Fsp3) is 0.125. The number of rotatable bonds is 7. The predicted molar refractivity (Wildman–Crippen MR) is 128 cm³/mol. The number of hydrazone groups is 1. The summed E-state index contributed by atoms with van der Waals surface area (Å²) < 4.78 is 2.15. The van der Waals surface area contributed by atoms with Crippen molar-refractivity contribution in [3.8, 4) is 0 Å². The topological polar surface area (TPSA) is 59.3 Å². The Kier molecular flexibility index (Phi) is 6.70. The number of thioether (sulfide) groups is 1. The average molecular weight is 449 g/mol. The highest BCUT2D eigenvalue weighted by molar-refractivity contribution is 7.99. The van der Waals surface area contributed by atoms with Crippen molar-refractivity contribution in [1.29, 1.82) is 0 Å². The van der Waals surface area contributed by atoms with E-state index >= 15 is 0 Å². The lowest BCUT2D eigenvalue weighted by Crippen LogP contribution is -2.20. The van der Waals surface area contributed by atoms with Crippen LogP contribution in [-0.2, 0) is 11.3 Å². The van der Waals surface area contributed by atoms with Gasteiger partial charge in [0.15, 0.2) is 5.16 Å². The quantitative estimate of drug-likeness (QED) is 0.237. The van der Waals surface area contributed by atoms with Crippen molar-refractivity contribution in [2.75, 3.05) is 5.75 Å². The first-order valence-electron chi connectivity index (χ1n) is 9.79. The third-order valence-electron chi connectivity index (χ3n) is 4.69. The molecule has 0 fully saturated rings. The molecule has 0 saturated heterocycles. The lowest BCUT2D eigenvalue weighted by atomic mass is 10.1. The summed E-state index contributed by atoms with van der Waals surface area (Å²) in [5.74, 6) is 0.0268. The summed E-state index contributed by atoms with van der Waals surface area (Å²) in [6, 6.07) is 23.7. The van der Waals surface area contributed by atoms with Crippen LogP contribution in [0.5, 0.6) is 0 Å². The Balaban J connectivity index is 1.44. The summed E-state index contributed by atoms with van der Waals surface area (Å²) in [4.78, 5) is 17.0. The molecule has 0 unspecified atom stereocenters. The summed E-state index contributed by atoms with van der Waals surface area (Å²) in [7, 11) is 0. The number of carbonyl (C=O) groups is 1. The van der Waals surface area contributed by atoms with Gasteiger partial charge in [0.2, 0.25) is 0 Å². The molecule has 0 bridgehead atoms. The molecule has 1 N–H and O–H groups in total. The molecule has 4 rings (SSSR count). The number of benzene rings is 3. The van der Waals surface area contributed by atoms with E-state index in [-0.39, 0.29) is 11.7 Å². The molecule has 0 spiro atoms. The zero-order valence-corrected chi connectivity index (χ0v) is 18.5. The van der Waals surface area contributed by atoms with Crippen LogP contribution in [0.3, 0.4) is 0 Å². The Morgan fingerprint density at radius 1 is 1.10 bits per heavy atom. The van der Waals surface area contributed by atoms with E-state index in [4.69, 9.17) is 16.6 Å². The molecule has 1 aromatic heterocycles. The smallest absolute Gasteiger partial charge is 0.250 e. The molecule has 1 heterocycles. The Morgan fingerprint density at radius 3 is 2.61 bits per heavy atom. The van der Waals surface area contributed by atoms with Gasteiger partial charge in [-0.15, -0.1) is 0 Å². The second kappa shape index (κ2) is 9.81. The van der Waals surface area contributed by atoms with Gasteiger partial charge in [0.05, 0.1) is 29.5 Å². The van der Waals surface area contributed by atoms with Crippen molar-refractivity contribution in [1.82, 2.24) is 15.0 Å². The predicted octanol–water partition coefficient (Wildman–Crippen LogP) is 5.29. The van der Waals surface area contributed by atoms with Crippen LogP contribution < -0.4 is 5.43 Å². The molecular weight excluding hydrogens is 428 g/mol.